The minimum atomic E-state index is -3.84. The van der Waals surface area contributed by atoms with Gasteiger partial charge in [0.05, 0.1) is 19.1 Å². The van der Waals surface area contributed by atoms with Crippen molar-refractivity contribution in [1.82, 2.24) is 10.2 Å². The fraction of sp³-hybridized carbons (Fsp3) is 0.462. The zero-order chi connectivity index (χ0) is 26.3. The highest BCUT2D eigenvalue weighted by Gasteiger charge is 2.31. The Kier molecular flexibility index (Phi) is 9.71. The van der Waals surface area contributed by atoms with Crippen molar-refractivity contribution in [3.63, 3.8) is 0 Å². The lowest BCUT2D eigenvalue weighted by Crippen LogP contribution is -2.52. The molecule has 35 heavy (non-hydrogen) atoms. The number of ether oxygens (including phenoxy) is 1. The molecule has 1 N–H and O–H groups in total. The van der Waals surface area contributed by atoms with Gasteiger partial charge in [0.1, 0.15) is 18.3 Å². The summed E-state index contributed by atoms with van der Waals surface area (Å²) in [5, 5.41) is 2.92. The lowest BCUT2D eigenvalue weighted by molar-refractivity contribution is -0.139. The molecule has 0 saturated heterocycles. The third-order valence-corrected chi connectivity index (χ3v) is 7.01. The Balaban J connectivity index is 2.46. The molecule has 192 valence electrons. The maximum absolute atomic E-state index is 13.6. The molecule has 0 aliphatic carbocycles. The number of amides is 2. The first-order valence-corrected chi connectivity index (χ1v) is 13.5. The van der Waals surface area contributed by atoms with Crippen LogP contribution < -0.4 is 14.4 Å². The molecule has 0 bridgehead atoms. The second-order valence-corrected chi connectivity index (χ2v) is 10.9. The van der Waals surface area contributed by atoms with Crippen LogP contribution in [0.2, 0.25) is 0 Å². The van der Waals surface area contributed by atoms with E-state index in [0.29, 0.717) is 5.75 Å². The van der Waals surface area contributed by atoms with Gasteiger partial charge >= 0.3 is 0 Å². The predicted octanol–water partition coefficient (Wildman–Crippen LogP) is 3.41. The van der Waals surface area contributed by atoms with E-state index in [2.05, 4.69) is 5.32 Å². The molecular weight excluding hydrogens is 466 g/mol. The van der Waals surface area contributed by atoms with Crippen molar-refractivity contribution in [2.75, 3.05) is 24.2 Å². The van der Waals surface area contributed by atoms with Crippen molar-refractivity contribution in [1.29, 1.82) is 0 Å². The standard InChI is InChI=1S/C26H37N3O5S/c1-8-20(4)27-26(31)21(5)28(16-22-11-9-10-18(2)14-22)25(30)17-29(35(7,32)33)23-15-19(3)12-13-24(23)34-6/h9-15,20-21H,8,16-17H2,1-7H3,(H,27,31)/t20-,21+/m0/s1. The normalized spacial score (nSPS) is 13.0. The number of nitrogens with one attached hydrogen (secondary N) is 1. The van der Waals surface area contributed by atoms with E-state index in [1.165, 1.54) is 12.0 Å². The molecule has 2 rings (SSSR count). The maximum Gasteiger partial charge on any atom is 0.244 e. The number of hydrogen-bond acceptors (Lipinski definition) is 5. The largest absolute Gasteiger partial charge is 0.495 e. The zero-order valence-corrected chi connectivity index (χ0v) is 22.5. The molecule has 0 fully saturated rings. The second-order valence-electron chi connectivity index (χ2n) is 8.95. The molecule has 9 heteroatoms. The fourth-order valence-corrected chi connectivity index (χ4v) is 4.49. The molecule has 0 aliphatic rings. The SMILES string of the molecule is CC[C@H](C)NC(=O)[C@@H](C)N(Cc1cccc(C)c1)C(=O)CN(c1cc(C)ccc1OC)S(C)(=O)=O. The molecule has 0 heterocycles. The Morgan fingerprint density at radius 3 is 2.29 bits per heavy atom. The number of hydrogen-bond donors (Lipinski definition) is 1. The number of sulfonamides is 1. The Hall–Kier alpha value is -3.07. The van der Waals surface area contributed by atoms with Crippen LogP contribution in [0.15, 0.2) is 42.5 Å². The molecule has 0 radical (unpaired) electrons. The van der Waals surface area contributed by atoms with E-state index in [1.54, 1.807) is 25.1 Å². The van der Waals surface area contributed by atoms with E-state index in [4.69, 9.17) is 4.74 Å². The van der Waals surface area contributed by atoms with Gasteiger partial charge in [-0.3, -0.25) is 13.9 Å². The molecule has 8 nitrogen and oxygen atoms in total. The van der Waals surface area contributed by atoms with Gasteiger partial charge in [-0.15, -0.1) is 0 Å². The van der Waals surface area contributed by atoms with Gasteiger partial charge in [0, 0.05) is 12.6 Å². The highest BCUT2D eigenvalue weighted by Crippen LogP contribution is 2.31. The number of carbonyl (C=O) groups is 2. The van der Waals surface area contributed by atoms with E-state index < -0.39 is 28.5 Å². The molecule has 2 atom stereocenters. The molecule has 0 spiro atoms. The summed E-state index contributed by atoms with van der Waals surface area (Å²) in [4.78, 5) is 28.0. The van der Waals surface area contributed by atoms with Crippen LogP contribution in [0.5, 0.6) is 5.75 Å². The third-order valence-electron chi connectivity index (χ3n) is 5.89. The number of methoxy groups -OCH3 is 1. The van der Waals surface area contributed by atoms with Crippen molar-refractivity contribution in [3.05, 3.63) is 59.2 Å². The minimum absolute atomic E-state index is 0.0510. The molecule has 0 aliphatic heterocycles. The summed E-state index contributed by atoms with van der Waals surface area (Å²) >= 11 is 0. The average Bonchev–Trinajstić information content (AvgIpc) is 2.79. The summed E-state index contributed by atoms with van der Waals surface area (Å²) in [6.45, 7) is 8.99. The molecule has 0 aromatic heterocycles. The first-order chi connectivity index (χ1) is 16.4. The van der Waals surface area contributed by atoms with Gasteiger partial charge in [0.2, 0.25) is 21.8 Å². The number of carbonyl (C=O) groups excluding carboxylic acids is 2. The Bertz CT molecular complexity index is 1150. The van der Waals surface area contributed by atoms with Gasteiger partial charge in [-0.2, -0.15) is 0 Å². The van der Waals surface area contributed by atoms with Crippen molar-refractivity contribution in [2.24, 2.45) is 0 Å². The summed E-state index contributed by atoms with van der Waals surface area (Å²) in [7, 11) is -2.39. The van der Waals surface area contributed by atoms with Crippen LogP contribution >= 0.6 is 0 Å². The number of benzene rings is 2. The number of nitrogens with zero attached hydrogens (tertiary/aromatic N) is 2. The van der Waals surface area contributed by atoms with Crippen molar-refractivity contribution < 1.29 is 22.7 Å². The van der Waals surface area contributed by atoms with Crippen LogP contribution in [0.4, 0.5) is 5.69 Å². The van der Waals surface area contributed by atoms with E-state index in [1.807, 2.05) is 52.0 Å². The monoisotopic (exact) mass is 503 g/mol. The van der Waals surface area contributed by atoms with Crippen LogP contribution in [0.1, 0.15) is 43.9 Å². The summed E-state index contributed by atoms with van der Waals surface area (Å²) < 4.78 is 32.0. The zero-order valence-electron chi connectivity index (χ0n) is 21.7. The third kappa shape index (κ3) is 7.71. The summed E-state index contributed by atoms with van der Waals surface area (Å²) in [5.41, 5.74) is 2.96. The van der Waals surface area contributed by atoms with Crippen LogP contribution in [0.3, 0.4) is 0 Å². The molecule has 2 aromatic carbocycles. The van der Waals surface area contributed by atoms with Gasteiger partial charge in [-0.25, -0.2) is 8.42 Å². The molecule has 2 amide bonds. The average molecular weight is 504 g/mol. The van der Waals surface area contributed by atoms with Gasteiger partial charge in [-0.05, 0) is 57.4 Å². The van der Waals surface area contributed by atoms with Crippen LogP contribution in [-0.2, 0) is 26.2 Å². The Morgan fingerprint density at radius 2 is 1.71 bits per heavy atom. The molecule has 0 saturated carbocycles. The summed E-state index contributed by atoms with van der Waals surface area (Å²) in [6, 6.07) is 11.9. The summed E-state index contributed by atoms with van der Waals surface area (Å²) in [5.74, 6) is -0.451. The topological polar surface area (TPSA) is 96.0 Å². The first kappa shape index (κ1) is 28.2. The lowest BCUT2D eigenvalue weighted by Gasteiger charge is -2.32. The number of aryl methyl sites for hydroxylation is 2. The predicted molar refractivity (Wildman–Crippen MR) is 139 cm³/mol. The van der Waals surface area contributed by atoms with Crippen molar-refractivity contribution in [3.8, 4) is 5.75 Å². The Morgan fingerprint density at radius 1 is 1.06 bits per heavy atom. The van der Waals surface area contributed by atoms with Gasteiger partial charge in [0.15, 0.2) is 0 Å². The number of anilines is 1. The van der Waals surface area contributed by atoms with Gasteiger partial charge < -0.3 is 15.0 Å². The van der Waals surface area contributed by atoms with Crippen molar-refractivity contribution >= 4 is 27.5 Å². The van der Waals surface area contributed by atoms with E-state index >= 15 is 0 Å². The first-order valence-electron chi connectivity index (χ1n) is 11.6. The number of rotatable bonds is 11. The smallest absolute Gasteiger partial charge is 0.244 e. The second kappa shape index (κ2) is 12.1. The van der Waals surface area contributed by atoms with E-state index in [-0.39, 0.29) is 24.2 Å². The Labute approximate surface area is 209 Å². The quantitative estimate of drug-likeness (QED) is 0.507. The van der Waals surface area contributed by atoms with E-state index in [0.717, 1.165) is 33.7 Å². The molecule has 0 unspecified atom stereocenters. The van der Waals surface area contributed by atoms with Crippen molar-refractivity contribution in [2.45, 2.75) is 59.7 Å². The molecular formula is C26H37N3O5S. The van der Waals surface area contributed by atoms with Gasteiger partial charge in [0.25, 0.3) is 0 Å². The van der Waals surface area contributed by atoms with Gasteiger partial charge in [-0.1, -0.05) is 42.8 Å². The maximum atomic E-state index is 13.6. The van der Waals surface area contributed by atoms with E-state index in [9.17, 15) is 18.0 Å². The van der Waals surface area contributed by atoms with Crippen LogP contribution in [0, 0.1) is 13.8 Å². The lowest BCUT2D eigenvalue weighted by atomic mass is 10.1. The summed E-state index contributed by atoms with van der Waals surface area (Å²) in [6.07, 6.45) is 1.80. The fourth-order valence-electron chi connectivity index (χ4n) is 3.65. The highest BCUT2D eigenvalue weighted by molar-refractivity contribution is 7.92. The highest BCUT2D eigenvalue weighted by atomic mass is 32.2. The molecule has 2 aromatic rings. The minimum Gasteiger partial charge on any atom is -0.495 e. The van der Waals surface area contributed by atoms with Crippen LogP contribution in [0.25, 0.3) is 0 Å². The van der Waals surface area contributed by atoms with Crippen LogP contribution in [-0.4, -0.2) is 57.1 Å².